The Labute approximate surface area is 164 Å². The van der Waals surface area contributed by atoms with E-state index in [2.05, 4.69) is 9.97 Å². The number of halogens is 1. The molecule has 1 unspecified atom stereocenters. The molecule has 2 atom stereocenters. The van der Waals surface area contributed by atoms with Crippen LogP contribution in [0.25, 0.3) is 0 Å². The van der Waals surface area contributed by atoms with Crippen molar-refractivity contribution in [2.75, 3.05) is 19.7 Å². The normalized spacial score (nSPS) is 18.0. The standard InChI is InChI=1S/C21H28FN3O3/c1-21(2,3)28-13-15(26)11-25-9-8-18-16(12-25)20(27)24-19(23-18)10-14-6-4-5-7-17(14)22/h4-7,15,26H,8-13H2,1-3H3,(H,23,24,27)/p+1/t15-/m0/s1. The van der Waals surface area contributed by atoms with E-state index in [-0.39, 0.29) is 30.0 Å². The molecule has 0 saturated carbocycles. The van der Waals surface area contributed by atoms with Crippen LogP contribution < -0.4 is 10.5 Å². The molecule has 1 aromatic carbocycles. The van der Waals surface area contributed by atoms with E-state index in [1.807, 2.05) is 20.8 Å². The average molecular weight is 390 g/mol. The molecule has 0 aliphatic carbocycles. The number of aromatic nitrogens is 2. The minimum Gasteiger partial charge on any atom is -0.385 e. The molecule has 0 fully saturated rings. The van der Waals surface area contributed by atoms with Crippen LogP contribution in [0.1, 0.15) is 43.4 Å². The first-order valence-electron chi connectivity index (χ1n) is 9.71. The Hall–Kier alpha value is -2.09. The van der Waals surface area contributed by atoms with Gasteiger partial charge in [0.2, 0.25) is 0 Å². The zero-order valence-electron chi connectivity index (χ0n) is 16.7. The molecule has 6 nitrogen and oxygen atoms in total. The lowest BCUT2D eigenvalue weighted by Crippen LogP contribution is -3.13. The van der Waals surface area contributed by atoms with Crippen LogP contribution in [-0.2, 0) is 24.1 Å². The fourth-order valence-corrected chi connectivity index (χ4v) is 3.44. The molecule has 2 aromatic rings. The summed E-state index contributed by atoms with van der Waals surface area (Å²) in [5.74, 6) is 0.181. The number of aliphatic hydroxyl groups excluding tert-OH is 1. The molecule has 1 aromatic heterocycles. The van der Waals surface area contributed by atoms with E-state index in [0.29, 0.717) is 36.5 Å². The van der Waals surface area contributed by atoms with Crippen molar-refractivity contribution in [2.24, 2.45) is 0 Å². The monoisotopic (exact) mass is 390 g/mol. The van der Waals surface area contributed by atoms with Gasteiger partial charge in [-0.2, -0.15) is 0 Å². The van der Waals surface area contributed by atoms with Gasteiger partial charge in [-0.1, -0.05) is 18.2 Å². The summed E-state index contributed by atoms with van der Waals surface area (Å²) in [5.41, 5.74) is 1.48. The first-order chi connectivity index (χ1) is 13.2. The summed E-state index contributed by atoms with van der Waals surface area (Å²) in [5, 5.41) is 10.2. The maximum Gasteiger partial charge on any atom is 0.260 e. The molecule has 1 aliphatic heterocycles. The first kappa shape index (κ1) is 20.6. The van der Waals surface area contributed by atoms with Gasteiger partial charge in [0.1, 0.15) is 30.8 Å². The van der Waals surface area contributed by atoms with E-state index in [0.717, 1.165) is 17.1 Å². The quantitative estimate of drug-likeness (QED) is 0.676. The number of quaternary nitrogens is 1. The van der Waals surface area contributed by atoms with Gasteiger partial charge < -0.3 is 19.7 Å². The fourth-order valence-electron chi connectivity index (χ4n) is 3.44. The lowest BCUT2D eigenvalue weighted by Gasteiger charge is -2.28. The molecular formula is C21H29FN3O3+. The molecule has 2 heterocycles. The fraction of sp³-hybridized carbons (Fsp3) is 0.524. The molecule has 152 valence electrons. The highest BCUT2D eigenvalue weighted by molar-refractivity contribution is 5.24. The summed E-state index contributed by atoms with van der Waals surface area (Å²) in [6, 6.07) is 6.51. The molecule has 3 N–H and O–H groups in total. The number of benzene rings is 1. The van der Waals surface area contributed by atoms with Crippen LogP contribution in [0, 0.1) is 5.82 Å². The summed E-state index contributed by atoms with van der Waals surface area (Å²) in [7, 11) is 0. The maximum absolute atomic E-state index is 13.9. The highest BCUT2D eigenvalue weighted by Crippen LogP contribution is 2.12. The van der Waals surface area contributed by atoms with Crippen molar-refractivity contribution < 1.29 is 19.1 Å². The van der Waals surface area contributed by atoms with Crippen LogP contribution in [-0.4, -0.2) is 46.5 Å². The number of H-pyrrole nitrogens is 1. The molecule has 1 aliphatic rings. The van der Waals surface area contributed by atoms with E-state index in [1.165, 1.54) is 6.07 Å². The third-order valence-electron chi connectivity index (χ3n) is 4.84. The Morgan fingerprint density at radius 1 is 1.36 bits per heavy atom. The van der Waals surface area contributed by atoms with Crippen molar-refractivity contribution in [1.29, 1.82) is 0 Å². The predicted molar refractivity (Wildman–Crippen MR) is 104 cm³/mol. The number of aliphatic hydroxyl groups is 1. The van der Waals surface area contributed by atoms with E-state index in [1.54, 1.807) is 18.2 Å². The maximum atomic E-state index is 13.9. The van der Waals surface area contributed by atoms with E-state index < -0.39 is 6.10 Å². The Bertz CT molecular complexity index is 876. The van der Waals surface area contributed by atoms with Crippen LogP contribution in [0.2, 0.25) is 0 Å². The highest BCUT2D eigenvalue weighted by Gasteiger charge is 2.26. The van der Waals surface area contributed by atoms with Gasteiger partial charge in [-0.25, -0.2) is 9.37 Å². The second-order valence-electron chi connectivity index (χ2n) is 8.41. The van der Waals surface area contributed by atoms with Crippen molar-refractivity contribution in [1.82, 2.24) is 9.97 Å². The number of aromatic amines is 1. The van der Waals surface area contributed by atoms with Gasteiger partial charge in [0.25, 0.3) is 5.56 Å². The molecule has 0 radical (unpaired) electrons. The number of nitrogens with one attached hydrogen (secondary N) is 2. The predicted octanol–water partition coefficient (Wildman–Crippen LogP) is 0.617. The zero-order valence-corrected chi connectivity index (χ0v) is 16.7. The summed E-state index contributed by atoms with van der Waals surface area (Å²) >= 11 is 0. The number of nitrogens with zero attached hydrogens (tertiary/aromatic N) is 1. The summed E-state index contributed by atoms with van der Waals surface area (Å²) in [6.07, 6.45) is 0.337. The van der Waals surface area contributed by atoms with Crippen molar-refractivity contribution in [3.8, 4) is 0 Å². The molecule has 0 amide bonds. The lowest BCUT2D eigenvalue weighted by atomic mass is 10.1. The van der Waals surface area contributed by atoms with E-state index in [4.69, 9.17) is 4.74 Å². The van der Waals surface area contributed by atoms with Crippen LogP contribution in [0.5, 0.6) is 0 Å². The second-order valence-corrected chi connectivity index (χ2v) is 8.41. The van der Waals surface area contributed by atoms with Crippen molar-refractivity contribution in [3.05, 3.63) is 63.1 Å². The van der Waals surface area contributed by atoms with Crippen LogP contribution >= 0.6 is 0 Å². The SMILES string of the molecule is CC(C)(C)OC[C@@H](O)C[NH+]1CCc2nc(Cc3ccccc3F)[nH]c(=O)c2C1. The van der Waals surface area contributed by atoms with Gasteiger partial charge in [0.15, 0.2) is 0 Å². The lowest BCUT2D eigenvalue weighted by molar-refractivity contribution is -0.919. The van der Waals surface area contributed by atoms with Gasteiger partial charge in [-0.15, -0.1) is 0 Å². The van der Waals surface area contributed by atoms with Gasteiger partial charge in [-0.05, 0) is 32.4 Å². The van der Waals surface area contributed by atoms with E-state index in [9.17, 15) is 14.3 Å². The van der Waals surface area contributed by atoms with Gasteiger partial charge in [0, 0.05) is 12.8 Å². The average Bonchev–Trinajstić information content (AvgIpc) is 2.62. The smallest absolute Gasteiger partial charge is 0.260 e. The van der Waals surface area contributed by atoms with Crippen LogP contribution in [0.3, 0.4) is 0 Å². The van der Waals surface area contributed by atoms with Gasteiger partial charge in [-0.3, -0.25) is 4.79 Å². The van der Waals surface area contributed by atoms with Crippen molar-refractivity contribution in [3.63, 3.8) is 0 Å². The molecule has 0 spiro atoms. The summed E-state index contributed by atoms with van der Waals surface area (Å²) in [4.78, 5) is 21.1. The molecule has 28 heavy (non-hydrogen) atoms. The third kappa shape index (κ3) is 5.47. The van der Waals surface area contributed by atoms with Gasteiger partial charge in [0.05, 0.1) is 30.0 Å². The van der Waals surface area contributed by atoms with Crippen LogP contribution in [0.4, 0.5) is 4.39 Å². The van der Waals surface area contributed by atoms with Crippen molar-refractivity contribution in [2.45, 2.75) is 51.9 Å². The van der Waals surface area contributed by atoms with E-state index >= 15 is 0 Å². The number of ether oxygens (including phenoxy) is 1. The molecule has 3 rings (SSSR count). The molecule has 0 bridgehead atoms. The molecule has 7 heteroatoms. The molecule has 0 saturated heterocycles. The summed E-state index contributed by atoms with van der Waals surface area (Å²) < 4.78 is 19.5. The Kier molecular flexibility index (Phi) is 6.27. The highest BCUT2D eigenvalue weighted by atomic mass is 19.1. The van der Waals surface area contributed by atoms with Gasteiger partial charge >= 0.3 is 0 Å². The third-order valence-corrected chi connectivity index (χ3v) is 4.84. The number of hydrogen-bond acceptors (Lipinski definition) is 4. The van der Waals surface area contributed by atoms with Crippen LogP contribution in [0.15, 0.2) is 29.1 Å². The number of hydrogen-bond donors (Lipinski definition) is 3. The van der Waals surface area contributed by atoms with Crippen molar-refractivity contribution >= 4 is 0 Å². The Morgan fingerprint density at radius 2 is 2.11 bits per heavy atom. The Morgan fingerprint density at radius 3 is 2.82 bits per heavy atom. The summed E-state index contributed by atoms with van der Waals surface area (Å²) in [6.45, 7) is 7.96. The Balaban J connectivity index is 1.66. The second kappa shape index (κ2) is 8.51. The number of rotatable bonds is 6. The minimum atomic E-state index is -0.580. The molecular weight excluding hydrogens is 361 g/mol. The number of fused-ring (bicyclic) bond motifs is 1. The topological polar surface area (TPSA) is 79.7 Å². The largest absolute Gasteiger partial charge is 0.385 e. The first-order valence-corrected chi connectivity index (χ1v) is 9.71. The zero-order chi connectivity index (χ0) is 20.3. The minimum absolute atomic E-state index is 0.172.